The van der Waals surface area contributed by atoms with Crippen molar-refractivity contribution in [2.75, 3.05) is 25.5 Å². The van der Waals surface area contributed by atoms with Gasteiger partial charge in [-0.1, -0.05) is 26.0 Å². The van der Waals surface area contributed by atoms with Crippen LogP contribution in [0.4, 0.5) is 0 Å². The Morgan fingerprint density at radius 3 is 2.53 bits per heavy atom. The van der Waals surface area contributed by atoms with E-state index in [0.29, 0.717) is 0 Å². The number of rotatable bonds is 9. The van der Waals surface area contributed by atoms with Crippen molar-refractivity contribution in [3.63, 3.8) is 0 Å². The number of thioether (sulfide) groups is 1. The normalized spacial score (nSPS) is 10.7. The van der Waals surface area contributed by atoms with Crippen molar-refractivity contribution in [3.05, 3.63) is 29.8 Å². The van der Waals surface area contributed by atoms with Crippen LogP contribution >= 0.6 is 11.8 Å². The van der Waals surface area contributed by atoms with Gasteiger partial charge in [-0.3, -0.25) is 0 Å². The summed E-state index contributed by atoms with van der Waals surface area (Å²) in [6.45, 7) is 7.96. The summed E-state index contributed by atoms with van der Waals surface area (Å²) in [6, 6.07) is 8.77. The highest BCUT2D eigenvalue weighted by Crippen LogP contribution is 2.18. The van der Waals surface area contributed by atoms with Crippen LogP contribution in [0.15, 0.2) is 29.2 Å². The van der Waals surface area contributed by atoms with Gasteiger partial charge in [0, 0.05) is 23.8 Å². The van der Waals surface area contributed by atoms with E-state index in [1.165, 1.54) is 10.5 Å². The van der Waals surface area contributed by atoms with E-state index >= 15 is 0 Å². The highest BCUT2D eigenvalue weighted by atomic mass is 32.2. The fourth-order valence-corrected chi connectivity index (χ4v) is 2.20. The maximum Gasteiger partial charge on any atom is 0.0560 e. The van der Waals surface area contributed by atoms with Crippen LogP contribution in [0.2, 0.25) is 0 Å². The third kappa shape index (κ3) is 6.71. The second-order valence-electron chi connectivity index (χ2n) is 3.89. The molecule has 1 aromatic rings. The van der Waals surface area contributed by atoms with Gasteiger partial charge in [-0.05, 0) is 30.7 Å². The fourth-order valence-electron chi connectivity index (χ4n) is 1.44. The molecule has 0 radical (unpaired) electrons. The zero-order valence-electron chi connectivity index (χ0n) is 10.9. The first kappa shape index (κ1) is 14.6. The summed E-state index contributed by atoms with van der Waals surface area (Å²) in [6.07, 6.45) is 1.10. The van der Waals surface area contributed by atoms with Crippen LogP contribution in [0, 0.1) is 0 Å². The van der Waals surface area contributed by atoms with Crippen LogP contribution in [-0.2, 0) is 11.3 Å². The molecule has 2 nitrogen and oxygen atoms in total. The number of hydrogen-bond acceptors (Lipinski definition) is 3. The van der Waals surface area contributed by atoms with Crippen LogP contribution in [0.3, 0.4) is 0 Å². The Kier molecular flexibility index (Phi) is 8.14. The summed E-state index contributed by atoms with van der Waals surface area (Å²) in [7, 11) is 0. The van der Waals surface area contributed by atoms with E-state index in [1.54, 1.807) is 0 Å². The predicted octanol–water partition coefficient (Wildman–Crippen LogP) is 3.31. The van der Waals surface area contributed by atoms with Crippen molar-refractivity contribution in [1.82, 2.24) is 5.32 Å². The molecule has 0 aliphatic rings. The molecule has 0 amide bonds. The fraction of sp³-hybridized carbons (Fsp3) is 0.571. The molecule has 17 heavy (non-hydrogen) atoms. The molecule has 3 heteroatoms. The molecule has 0 fully saturated rings. The Bertz CT molecular complexity index is 287. The highest BCUT2D eigenvalue weighted by Gasteiger charge is 1.95. The minimum atomic E-state index is 0.845. The molecule has 0 aliphatic carbocycles. The number of benzene rings is 1. The number of ether oxygens (including phenoxy) is 1. The van der Waals surface area contributed by atoms with Crippen LogP contribution in [0.5, 0.6) is 0 Å². The monoisotopic (exact) mass is 253 g/mol. The van der Waals surface area contributed by atoms with Crippen molar-refractivity contribution < 1.29 is 4.74 Å². The second kappa shape index (κ2) is 9.51. The third-order valence-corrected chi connectivity index (χ3v) is 3.32. The topological polar surface area (TPSA) is 21.3 Å². The number of nitrogens with one attached hydrogen (secondary N) is 1. The number of hydrogen-bond donors (Lipinski definition) is 1. The lowest BCUT2D eigenvalue weighted by Crippen LogP contribution is -2.11. The second-order valence-corrected chi connectivity index (χ2v) is 5.05. The zero-order valence-corrected chi connectivity index (χ0v) is 11.7. The Morgan fingerprint density at radius 2 is 1.88 bits per heavy atom. The first-order valence-corrected chi connectivity index (χ1v) is 7.35. The molecule has 1 rings (SSSR count). The molecule has 1 N–H and O–H groups in total. The van der Waals surface area contributed by atoms with E-state index in [1.807, 2.05) is 11.8 Å². The van der Waals surface area contributed by atoms with Crippen molar-refractivity contribution in [3.8, 4) is 0 Å². The average Bonchev–Trinajstić information content (AvgIpc) is 2.37. The standard InChI is InChI=1S/C14H23NOS/c1-3-9-16-10-11-17-14-7-5-13(6-8-14)12-15-4-2/h5-8,15H,3-4,9-12H2,1-2H3. The average molecular weight is 253 g/mol. The highest BCUT2D eigenvalue weighted by molar-refractivity contribution is 7.99. The predicted molar refractivity (Wildman–Crippen MR) is 75.7 cm³/mol. The minimum Gasteiger partial charge on any atom is -0.381 e. The molecule has 0 bridgehead atoms. The lowest BCUT2D eigenvalue weighted by molar-refractivity contribution is 0.151. The lowest BCUT2D eigenvalue weighted by Gasteiger charge is -2.05. The minimum absolute atomic E-state index is 0.845. The van der Waals surface area contributed by atoms with Gasteiger partial charge in [0.2, 0.25) is 0 Å². The molecule has 0 spiro atoms. The van der Waals surface area contributed by atoms with Crippen molar-refractivity contribution in [1.29, 1.82) is 0 Å². The summed E-state index contributed by atoms with van der Waals surface area (Å²) in [4.78, 5) is 1.32. The van der Waals surface area contributed by atoms with Crippen molar-refractivity contribution in [2.45, 2.75) is 31.7 Å². The third-order valence-electron chi connectivity index (χ3n) is 2.35. The largest absolute Gasteiger partial charge is 0.381 e. The van der Waals surface area contributed by atoms with Gasteiger partial charge in [0.1, 0.15) is 0 Å². The zero-order chi connectivity index (χ0) is 12.3. The molecule has 1 aromatic carbocycles. The van der Waals surface area contributed by atoms with E-state index in [0.717, 1.165) is 38.5 Å². The summed E-state index contributed by atoms with van der Waals surface area (Å²) < 4.78 is 5.45. The van der Waals surface area contributed by atoms with Gasteiger partial charge in [0.15, 0.2) is 0 Å². The van der Waals surface area contributed by atoms with E-state index in [-0.39, 0.29) is 0 Å². The van der Waals surface area contributed by atoms with Gasteiger partial charge < -0.3 is 10.1 Å². The molecule has 0 saturated carbocycles. The van der Waals surface area contributed by atoms with Gasteiger partial charge in [-0.2, -0.15) is 0 Å². The van der Waals surface area contributed by atoms with Gasteiger partial charge in [0.05, 0.1) is 6.61 Å². The van der Waals surface area contributed by atoms with Gasteiger partial charge in [0.25, 0.3) is 0 Å². The SMILES string of the molecule is CCCOCCSc1ccc(CNCC)cc1. The summed E-state index contributed by atoms with van der Waals surface area (Å²) in [5.74, 6) is 1.03. The van der Waals surface area contributed by atoms with Crippen molar-refractivity contribution >= 4 is 11.8 Å². The molecule has 96 valence electrons. The van der Waals surface area contributed by atoms with Crippen LogP contribution < -0.4 is 5.32 Å². The quantitative estimate of drug-likeness (QED) is 0.539. The first-order chi connectivity index (χ1) is 8.36. The Labute approximate surface area is 109 Å². The van der Waals surface area contributed by atoms with Crippen LogP contribution in [0.1, 0.15) is 25.8 Å². The Balaban J connectivity index is 2.20. The molecule has 0 heterocycles. The molecule has 0 atom stereocenters. The van der Waals surface area contributed by atoms with Crippen LogP contribution in [0.25, 0.3) is 0 Å². The summed E-state index contributed by atoms with van der Waals surface area (Å²) in [5.41, 5.74) is 1.35. The maximum atomic E-state index is 5.45. The van der Waals surface area contributed by atoms with E-state index in [4.69, 9.17) is 4.74 Å². The van der Waals surface area contributed by atoms with Crippen LogP contribution in [-0.4, -0.2) is 25.5 Å². The van der Waals surface area contributed by atoms with Gasteiger partial charge >= 0.3 is 0 Å². The van der Waals surface area contributed by atoms with E-state index in [9.17, 15) is 0 Å². The molecule has 0 saturated heterocycles. The Hall–Kier alpha value is -0.510. The van der Waals surface area contributed by atoms with E-state index < -0.39 is 0 Å². The molecule has 0 unspecified atom stereocenters. The smallest absolute Gasteiger partial charge is 0.0560 e. The summed E-state index contributed by atoms with van der Waals surface area (Å²) >= 11 is 1.86. The molecule has 0 aromatic heterocycles. The summed E-state index contributed by atoms with van der Waals surface area (Å²) in [5, 5.41) is 3.32. The van der Waals surface area contributed by atoms with Crippen molar-refractivity contribution in [2.24, 2.45) is 0 Å². The Morgan fingerprint density at radius 1 is 1.12 bits per heavy atom. The first-order valence-electron chi connectivity index (χ1n) is 6.37. The maximum absolute atomic E-state index is 5.45. The molecule has 0 aliphatic heterocycles. The molecular formula is C14H23NOS. The lowest BCUT2D eigenvalue weighted by atomic mass is 10.2. The molecular weight excluding hydrogens is 230 g/mol. The van der Waals surface area contributed by atoms with Gasteiger partial charge in [-0.25, -0.2) is 0 Å². The van der Waals surface area contributed by atoms with Gasteiger partial charge in [-0.15, -0.1) is 11.8 Å². The van der Waals surface area contributed by atoms with E-state index in [2.05, 4.69) is 43.4 Å².